The van der Waals surface area contributed by atoms with Crippen LogP contribution in [0.25, 0.3) is 0 Å². The van der Waals surface area contributed by atoms with Crippen LogP contribution in [0.5, 0.6) is 0 Å². The Labute approximate surface area is 175 Å². The predicted octanol–water partition coefficient (Wildman–Crippen LogP) is 3.91. The summed E-state index contributed by atoms with van der Waals surface area (Å²) in [6.45, 7) is 0. The second-order valence-corrected chi connectivity index (χ2v) is 13.1. The molecular formula is C18H21ClF3NO4S2. The Morgan fingerprint density at radius 3 is 2.10 bits per heavy atom. The molecule has 5 rings (SSSR count). The number of aliphatic hydroxyl groups is 1. The van der Waals surface area contributed by atoms with Crippen molar-refractivity contribution in [2.75, 3.05) is 17.3 Å². The average molecular weight is 472 g/mol. The Balaban J connectivity index is 1.63. The maximum Gasteiger partial charge on any atom is 0.231 e. The summed E-state index contributed by atoms with van der Waals surface area (Å²) >= 11 is 6.87. The predicted molar refractivity (Wildman–Crippen MR) is 104 cm³/mol. The van der Waals surface area contributed by atoms with Gasteiger partial charge in [0.25, 0.3) is 0 Å². The molecule has 1 aromatic heterocycles. The van der Waals surface area contributed by atoms with Gasteiger partial charge in [-0.05, 0) is 25.3 Å². The number of anilines is 1. The summed E-state index contributed by atoms with van der Waals surface area (Å²) in [6.07, 6.45) is -2.46. The number of hydrogen-bond acceptors (Lipinski definition) is 5. The van der Waals surface area contributed by atoms with Gasteiger partial charge in [-0.3, -0.25) is 4.79 Å². The van der Waals surface area contributed by atoms with Crippen molar-refractivity contribution < 1.29 is 31.5 Å². The van der Waals surface area contributed by atoms with Crippen LogP contribution in [-0.2, 0) is 14.6 Å². The van der Waals surface area contributed by atoms with Crippen molar-refractivity contribution in [2.45, 2.75) is 61.6 Å². The number of thiophene rings is 1. The lowest BCUT2D eigenvalue weighted by Gasteiger charge is -2.62. The summed E-state index contributed by atoms with van der Waals surface area (Å²) < 4.78 is 68.6. The highest BCUT2D eigenvalue weighted by Gasteiger charge is 2.72. The van der Waals surface area contributed by atoms with Crippen LogP contribution in [0, 0.1) is 5.41 Å². The van der Waals surface area contributed by atoms with Crippen LogP contribution < -0.4 is 5.32 Å². The molecule has 1 atom stereocenters. The van der Waals surface area contributed by atoms with E-state index >= 15 is 13.2 Å². The highest BCUT2D eigenvalue weighted by molar-refractivity contribution is 7.90. The van der Waals surface area contributed by atoms with E-state index in [-0.39, 0.29) is 34.2 Å². The molecule has 0 radical (unpaired) electrons. The Morgan fingerprint density at radius 2 is 1.66 bits per heavy atom. The number of carbonyl (C=O) groups excluding carboxylic acids is 1. The van der Waals surface area contributed by atoms with Crippen LogP contribution in [0.4, 0.5) is 18.2 Å². The fourth-order valence-electron chi connectivity index (χ4n) is 5.84. The lowest BCUT2D eigenvalue weighted by Crippen LogP contribution is -2.67. The van der Waals surface area contributed by atoms with Crippen LogP contribution in [0.2, 0.25) is 4.34 Å². The molecular weight excluding hydrogens is 451 g/mol. The van der Waals surface area contributed by atoms with Gasteiger partial charge in [-0.1, -0.05) is 11.6 Å². The Morgan fingerprint density at radius 1 is 1.17 bits per heavy atom. The van der Waals surface area contributed by atoms with E-state index in [1.807, 2.05) is 0 Å². The molecule has 4 aliphatic carbocycles. The number of rotatable bonds is 5. The minimum absolute atomic E-state index is 0.0978. The molecule has 1 unspecified atom stereocenters. The number of amides is 1. The van der Waals surface area contributed by atoms with Crippen LogP contribution >= 0.6 is 22.9 Å². The quantitative estimate of drug-likeness (QED) is 0.682. The molecule has 0 saturated heterocycles. The molecule has 29 heavy (non-hydrogen) atoms. The third kappa shape index (κ3) is 3.93. The minimum atomic E-state index is -3.52. The number of hydrogen-bond donors (Lipinski definition) is 2. The fraction of sp³-hybridized carbons (Fsp3) is 0.722. The normalized spacial score (nSPS) is 39.5. The maximum atomic E-state index is 15.1. The Hall–Kier alpha value is -0.840. The van der Waals surface area contributed by atoms with Gasteiger partial charge in [-0.2, -0.15) is 0 Å². The first-order valence-electron chi connectivity index (χ1n) is 9.17. The van der Waals surface area contributed by atoms with Gasteiger partial charge >= 0.3 is 0 Å². The van der Waals surface area contributed by atoms with Gasteiger partial charge in [0.1, 0.15) is 31.8 Å². The largest absolute Gasteiger partial charge is 0.387 e. The first-order valence-corrected chi connectivity index (χ1v) is 12.4. The average Bonchev–Trinajstić information content (AvgIpc) is 2.81. The third-order valence-corrected chi connectivity index (χ3v) is 8.24. The summed E-state index contributed by atoms with van der Waals surface area (Å²) in [5, 5.41) is 12.9. The number of halogens is 4. The van der Waals surface area contributed by atoms with E-state index in [4.69, 9.17) is 11.6 Å². The molecule has 1 amide bonds. The lowest BCUT2D eigenvalue weighted by atomic mass is 9.46. The molecule has 2 N–H and O–H groups in total. The van der Waals surface area contributed by atoms with Crippen molar-refractivity contribution in [1.29, 1.82) is 0 Å². The van der Waals surface area contributed by atoms with Crippen molar-refractivity contribution in [2.24, 2.45) is 5.41 Å². The summed E-state index contributed by atoms with van der Waals surface area (Å²) in [7, 11) is -3.52. The molecule has 1 aromatic rings. The Bertz CT molecular complexity index is 928. The summed E-state index contributed by atoms with van der Waals surface area (Å²) in [4.78, 5) is 13.1. The van der Waals surface area contributed by atoms with E-state index in [1.54, 1.807) is 0 Å². The van der Waals surface area contributed by atoms with Gasteiger partial charge in [0.15, 0.2) is 0 Å². The summed E-state index contributed by atoms with van der Waals surface area (Å²) in [6, 6.07) is 1.33. The molecule has 11 heteroatoms. The van der Waals surface area contributed by atoms with E-state index < -0.39 is 69.3 Å². The molecule has 0 spiro atoms. The number of aliphatic hydroxyl groups excluding tert-OH is 1. The first kappa shape index (κ1) is 21.4. The summed E-state index contributed by atoms with van der Waals surface area (Å²) in [5.41, 5.74) is -7.64. The van der Waals surface area contributed by atoms with Gasteiger partial charge in [0, 0.05) is 31.1 Å². The van der Waals surface area contributed by atoms with Crippen LogP contribution in [0.1, 0.15) is 50.2 Å². The molecule has 4 fully saturated rings. The molecule has 0 aromatic carbocycles. The molecule has 0 aliphatic heterocycles. The van der Waals surface area contributed by atoms with Gasteiger partial charge in [-0.25, -0.2) is 21.6 Å². The molecule has 4 bridgehead atoms. The van der Waals surface area contributed by atoms with Crippen LogP contribution in [0.15, 0.2) is 6.07 Å². The zero-order chi connectivity index (χ0) is 21.5. The fourth-order valence-corrected chi connectivity index (χ4v) is 7.78. The zero-order valence-electron chi connectivity index (χ0n) is 15.6. The van der Waals surface area contributed by atoms with Crippen molar-refractivity contribution >= 4 is 43.7 Å². The van der Waals surface area contributed by atoms with E-state index in [9.17, 15) is 18.3 Å². The molecule has 1 heterocycles. The third-order valence-electron chi connectivity index (χ3n) is 6.13. The first-order chi connectivity index (χ1) is 13.1. The lowest BCUT2D eigenvalue weighted by molar-refractivity contribution is -0.214. The van der Waals surface area contributed by atoms with Crippen molar-refractivity contribution in [3.63, 3.8) is 0 Å². The number of nitrogens with one attached hydrogen (secondary N) is 1. The number of carbonyl (C=O) groups is 1. The zero-order valence-corrected chi connectivity index (χ0v) is 18.0. The number of alkyl halides is 3. The van der Waals surface area contributed by atoms with E-state index in [1.165, 1.54) is 6.07 Å². The van der Waals surface area contributed by atoms with Gasteiger partial charge in [0.2, 0.25) is 5.91 Å². The van der Waals surface area contributed by atoms with Gasteiger partial charge in [0.05, 0.1) is 21.6 Å². The van der Waals surface area contributed by atoms with Crippen molar-refractivity contribution in [3.05, 3.63) is 16.0 Å². The monoisotopic (exact) mass is 471 g/mol. The van der Waals surface area contributed by atoms with Crippen LogP contribution in [-0.4, -0.2) is 48.4 Å². The maximum absolute atomic E-state index is 15.1. The van der Waals surface area contributed by atoms with Crippen molar-refractivity contribution in [3.8, 4) is 0 Å². The number of sulfone groups is 1. The molecule has 162 valence electrons. The van der Waals surface area contributed by atoms with Gasteiger partial charge < -0.3 is 10.4 Å². The second kappa shape index (κ2) is 6.34. The minimum Gasteiger partial charge on any atom is -0.387 e. The molecule has 5 nitrogen and oxygen atoms in total. The SMILES string of the molecule is CS(=O)(=O)CC(O)c1cc(Cl)sc1NC(=O)C12CC3(F)CC(F)(CC(F)(C3)C1)C2. The van der Waals surface area contributed by atoms with E-state index in [0.717, 1.165) is 17.6 Å². The smallest absolute Gasteiger partial charge is 0.231 e. The highest BCUT2D eigenvalue weighted by Crippen LogP contribution is 2.68. The topological polar surface area (TPSA) is 83.5 Å². The van der Waals surface area contributed by atoms with Crippen molar-refractivity contribution in [1.82, 2.24) is 0 Å². The molecule has 4 aliphatic rings. The second-order valence-electron chi connectivity index (χ2n) is 9.19. The standard InChI is InChI=1S/C18H21ClF3NO4S2/c1-29(26,27)3-11(24)10-2-12(19)28-13(10)23-14(25)15-4-16(20)7-17(21,5-15)9-18(22,6-15)8-16/h2,11,24H,3-9H2,1H3,(H,23,25). The van der Waals surface area contributed by atoms with Gasteiger partial charge in [-0.15, -0.1) is 11.3 Å². The Kier molecular flexibility index (Phi) is 4.67. The van der Waals surface area contributed by atoms with E-state index in [0.29, 0.717) is 0 Å². The summed E-state index contributed by atoms with van der Waals surface area (Å²) in [5.74, 6) is -1.31. The highest BCUT2D eigenvalue weighted by atomic mass is 35.5. The van der Waals surface area contributed by atoms with Crippen LogP contribution in [0.3, 0.4) is 0 Å². The van der Waals surface area contributed by atoms with E-state index in [2.05, 4.69) is 5.32 Å². The molecule has 4 saturated carbocycles.